The Hall–Kier alpha value is -1.10. The molecular weight excluding hydrogens is 244 g/mol. The molecule has 2 fully saturated rings. The summed E-state index contributed by atoms with van der Waals surface area (Å²) in [6.45, 7) is 8.23. The van der Waals surface area contributed by atoms with Crippen molar-refractivity contribution in [3.05, 3.63) is 0 Å². The molecule has 5 nitrogen and oxygen atoms in total. The Morgan fingerprint density at radius 1 is 1.32 bits per heavy atom. The fourth-order valence-corrected chi connectivity index (χ4v) is 2.95. The first-order valence-electron chi connectivity index (χ1n) is 7.00. The second kappa shape index (κ2) is 5.12. The Balaban J connectivity index is 2.05. The summed E-state index contributed by atoms with van der Waals surface area (Å²) >= 11 is 0. The molecule has 2 rings (SSSR count). The van der Waals surface area contributed by atoms with E-state index in [0.717, 1.165) is 25.9 Å². The molecule has 1 amide bonds. The van der Waals surface area contributed by atoms with E-state index in [-0.39, 0.29) is 23.8 Å². The zero-order valence-corrected chi connectivity index (χ0v) is 12.1. The molecule has 0 unspecified atom stereocenters. The molecule has 0 aliphatic carbocycles. The number of nitrogens with one attached hydrogen (secondary N) is 1. The van der Waals surface area contributed by atoms with E-state index in [4.69, 9.17) is 4.74 Å². The fourth-order valence-electron chi connectivity index (χ4n) is 2.95. The van der Waals surface area contributed by atoms with Crippen LogP contribution in [0.3, 0.4) is 0 Å². The summed E-state index contributed by atoms with van der Waals surface area (Å²) < 4.78 is 5.38. The summed E-state index contributed by atoms with van der Waals surface area (Å²) in [6, 6.07) is 0. The average molecular weight is 268 g/mol. The summed E-state index contributed by atoms with van der Waals surface area (Å²) in [4.78, 5) is 25.7. The van der Waals surface area contributed by atoms with Gasteiger partial charge in [-0.3, -0.25) is 4.79 Å². The Bertz CT molecular complexity index is 367. The number of ketones is 1. The quantitative estimate of drug-likeness (QED) is 0.724. The molecule has 5 heteroatoms. The Labute approximate surface area is 114 Å². The van der Waals surface area contributed by atoms with Crippen LogP contribution in [0, 0.1) is 5.41 Å². The lowest BCUT2D eigenvalue weighted by Crippen LogP contribution is -2.54. The van der Waals surface area contributed by atoms with Crippen LogP contribution in [-0.2, 0) is 9.53 Å². The van der Waals surface area contributed by atoms with Crippen LogP contribution in [0.4, 0.5) is 4.79 Å². The number of hydrogen-bond donors (Lipinski definition) is 1. The maximum absolute atomic E-state index is 12.1. The lowest BCUT2D eigenvalue weighted by molar-refractivity contribution is -0.127. The van der Waals surface area contributed by atoms with E-state index in [1.54, 1.807) is 4.90 Å². The van der Waals surface area contributed by atoms with Crippen LogP contribution in [-0.4, -0.2) is 48.6 Å². The van der Waals surface area contributed by atoms with E-state index < -0.39 is 5.60 Å². The maximum Gasteiger partial charge on any atom is 0.410 e. The Kier molecular flexibility index (Phi) is 3.85. The molecule has 0 bridgehead atoms. The summed E-state index contributed by atoms with van der Waals surface area (Å²) in [7, 11) is 0. The number of ether oxygens (including phenoxy) is 1. The molecule has 2 heterocycles. The van der Waals surface area contributed by atoms with E-state index in [2.05, 4.69) is 5.32 Å². The first kappa shape index (κ1) is 14.3. The topological polar surface area (TPSA) is 58.6 Å². The Morgan fingerprint density at radius 2 is 1.95 bits per heavy atom. The molecule has 0 aromatic rings. The van der Waals surface area contributed by atoms with Crippen molar-refractivity contribution in [2.45, 2.75) is 45.6 Å². The number of hydrogen-bond acceptors (Lipinski definition) is 4. The van der Waals surface area contributed by atoms with Crippen molar-refractivity contribution in [3.63, 3.8) is 0 Å². The molecule has 0 saturated carbocycles. The summed E-state index contributed by atoms with van der Waals surface area (Å²) in [6.07, 6.45) is 2.16. The van der Waals surface area contributed by atoms with Crippen molar-refractivity contribution in [3.8, 4) is 0 Å². The third kappa shape index (κ3) is 3.69. The van der Waals surface area contributed by atoms with Gasteiger partial charge in [0.1, 0.15) is 5.60 Å². The second-order valence-corrected chi connectivity index (χ2v) is 6.80. The van der Waals surface area contributed by atoms with Gasteiger partial charge < -0.3 is 15.0 Å². The fraction of sp³-hybridized carbons (Fsp3) is 0.857. The number of rotatable bonds is 0. The van der Waals surface area contributed by atoms with Gasteiger partial charge in [-0.15, -0.1) is 0 Å². The van der Waals surface area contributed by atoms with Gasteiger partial charge in [0.25, 0.3) is 0 Å². The molecule has 0 atom stereocenters. The minimum atomic E-state index is -0.515. The molecule has 2 aliphatic heterocycles. The van der Waals surface area contributed by atoms with Gasteiger partial charge in [-0.1, -0.05) is 0 Å². The van der Waals surface area contributed by atoms with Crippen LogP contribution in [0.5, 0.6) is 0 Å². The van der Waals surface area contributed by atoms with Crippen molar-refractivity contribution in [2.75, 3.05) is 26.2 Å². The smallest absolute Gasteiger partial charge is 0.410 e. The highest BCUT2D eigenvalue weighted by atomic mass is 16.6. The predicted octanol–water partition coefficient (Wildman–Crippen LogP) is 1.57. The van der Waals surface area contributed by atoms with Crippen LogP contribution in [0.1, 0.15) is 40.0 Å². The van der Waals surface area contributed by atoms with Gasteiger partial charge in [0.05, 0.1) is 6.54 Å². The average Bonchev–Trinajstić information content (AvgIpc) is 2.26. The van der Waals surface area contributed by atoms with E-state index >= 15 is 0 Å². The molecule has 2 saturated heterocycles. The van der Waals surface area contributed by atoms with Crippen LogP contribution >= 0.6 is 0 Å². The molecule has 0 aromatic heterocycles. The SMILES string of the molecule is CC(C)(C)OC(=O)N1CC(=O)CC2(CCNCC2)C1. The van der Waals surface area contributed by atoms with Crippen molar-refractivity contribution >= 4 is 11.9 Å². The van der Waals surface area contributed by atoms with Gasteiger partial charge in [0.2, 0.25) is 0 Å². The summed E-state index contributed by atoms with van der Waals surface area (Å²) in [5, 5.41) is 3.31. The van der Waals surface area contributed by atoms with Gasteiger partial charge in [-0.05, 0) is 52.1 Å². The highest BCUT2D eigenvalue weighted by Gasteiger charge is 2.42. The van der Waals surface area contributed by atoms with Crippen LogP contribution in [0.25, 0.3) is 0 Å². The number of amides is 1. The third-order valence-electron chi connectivity index (χ3n) is 3.78. The minimum absolute atomic E-state index is 0.0303. The summed E-state index contributed by atoms with van der Waals surface area (Å²) in [5.41, 5.74) is -0.545. The minimum Gasteiger partial charge on any atom is -0.444 e. The Morgan fingerprint density at radius 3 is 2.53 bits per heavy atom. The van der Waals surface area contributed by atoms with Crippen LogP contribution < -0.4 is 5.32 Å². The molecule has 1 N–H and O–H groups in total. The van der Waals surface area contributed by atoms with Gasteiger partial charge in [0, 0.05) is 13.0 Å². The van der Waals surface area contributed by atoms with Crippen molar-refractivity contribution < 1.29 is 14.3 Å². The van der Waals surface area contributed by atoms with E-state index in [1.807, 2.05) is 20.8 Å². The van der Waals surface area contributed by atoms with Crippen molar-refractivity contribution in [2.24, 2.45) is 5.41 Å². The van der Waals surface area contributed by atoms with Crippen LogP contribution in [0.2, 0.25) is 0 Å². The maximum atomic E-state index is 12.1. The predicted molar refractivity (Wildman–Crippen MR) is 72.0 cm³/mol. The number of carbonyl (C=O) groups excluding carboxylic acids is 2. The van der Waals surface area contributed by atoms with Crippen LogP contribution in [0.15, 0.2) is 0 Å². The number of Topliss-reactive ketones (excluding diaryl/α,β-unsaturated/α-hetero) is 1. The first-order chi connectivity index (χ1) is 8.80. The van der Waals surface area contributed by atoms with Gasteiger partial charge in [-0.25, -0.2) is 4.79 Å². The first-order valence-corrected chi connectivity index (χ1v) is 7.00. The lowest BCUT2D eigenvalue weighted by Gasteiger charge is -2.44. The number of carbonyl (C=O) groups is 2. The second-order valence-electron chi connectivity index (χ2n) is 6.80. The van der Waals surface area contributed by atoms with Gasteiger partial charge >= 0.3 is 6.09 Å². The zero-order chi connectivity index (χ0) is 14.1. The van der Waals surface area contributed by atoms with E-state index in [9.17, 15) is 9.59 Å². The molecule has 0 radical (unpaired) electrons. The summed E-state index contributed by atoms with van der Waals surface area (Å²) in [5.74, 6) is 0.152. The number of nitrogens with zero attached hydrogens (tertiary/aromatic N) is 1. The monoisotopic (exact) mass is 268 g/mol. The zero-order valence-electron chi connectivity index (χ0n) is 12.1. The standard InChI is InChI=1S/C14H24N2O3/c1-13(2,3)19-12(18)16-9-11(17)8-14(10-16)4-6-15-7-5-14/h15H,4-10H2,1-3H3. The molecule has 108 valence electrons. The molecule has 19 heavy (non-hydrogen) atoms. The number of likely N-dealkylation sites (tertiary alicyclic amines) is 1. The van der Waals surface area contributed by atoms with E-state index in [0.29, 0.717) is 13.0 Å². The normalized spacial score (nSPS) is 23.5. The lowest BCUT2D eigenvalue weighted by atomic mass is 9.72. The van der Waals surface area contributed by atoms with E-state index in [1.165, 1.54) is 0 Å². The van der Waals surface area contributed by atoms with Crippen molar-refractivity contribution in [1.29, 1.82) is 0 Å². The molecular formula is C14H24N2O3. The molecule has 2 aliphatic rings. The highest BCUT2D eigenvalue weighted by molar-refractivity contribution is 5.86. The van der Waals surface area contributed by atoms with Gasteiger partial charge in [0.15, 0.2) is 5.78 Å². The largest absolute Gasteiger partial charge is 0.444 e. The van der Waals surface area contributed by atoms with Crippen molar-refractivity contribution in [1.82, 2.24) is 10.2 Å². The molecule has 0 aromatic carbocycles. The number of piperidine rings is 2. The third-order valence-corrected chi connectivity index (χ3v) is 3.78. The highest BCUT2D eigenvalue weighted by Crippen LogP contribution is 2.37. The van der Waals surface area contributed by atoms with Gasteiger partial charge in [-0.2, -0.15) is 0 Å². The molecule has 1 spiro atoms.